The lowest BCUT2D eigenvalue weighted by Crippen LogP contribution is -2.52. The number of aryl methyl sites for hydroxylation is 1. The number of rotatable bonds is 10. The molecule has 0 bridgehead atoms. The number of hydrogen-bond donors (Lipinski definition) is 1. The number of anilines is 1. The fourth-order valence-electron chi connectivity index (χ4n) is 3.45. The SMILES string of the molecule is CCc1ccccc1N(CC(=O)N(Cc1ccccc1F)[C@@H](C)C(=O)NC(C)C)S(C)(=O)=O. The van der Waals surface area contributed by atoms with Gasteiger partial charge in [-0.1, -0.05) is 43.3 Å². The first kappa shape index (κ1) is 26.3. The van der Waals surface area contributed by atoms with Crippen molar-refractivity contribution in [3.63, 3.8) is 0 Å². The second-order valence-electron chi connectivity index (χ2n) is 8.20. The number of carbonyl (C=O) groups is 2. The molecule has 7 nitrogen and oxygen atoms in total. The van der Waals surface area contributed by atoms with Crippen LogP contribution < -0.4 is 9.62 Å². The fourth-order valence-corrected chi connectivity index (χ4v) is 4.33. The molecule has 2 rings (SSSR count). The van der Waals surface area contributed by atoms with E-state index in [0.29, 0.717) is 12.1 Å². The minimum Gasteiger partial charge on any atom is -0.352 e. The van der Waals surface area contributed by atoms with Crippen molar-refractivity contribution >= 4 is 27.5 Å². The van der Waals surface area contributed by atoms with Gasteiger partial charge in [0.15, 0.2) is 0 Å². The van der Waals surface area contributed by atoms with E-state index in [1.165, 1.54) is 23.1 Å². The molecule has 2 amide bonds. The average molecular weight is 478 g/mol. The molecule has 0 unspecified atom stereocenters. The Balaban J connectivity index is 2.44. The zero-order valence-electron chi connectivity index (χ0n) is 19.7. The van der Waals surface area contributed by atoms with Gasteiger partial charge in [-0.3, -0.25) is 13.9 Å². The predicted molar refractivity (Wildman–Crippen MR) is 128 cm³/mol. The van der Waals surface area contributed by atoms with Gasteiger partial charge in [0.05, 0.1) is 11.9 Å². The Morgan fingerprint density at radius 2 is 1.58 bits per heavy atom. The summed E-state index contributed by atoms with van der Waals surface area (Å²) in [6, 6.07) is 11.8. The Morgan fingerprint density at radius 3 is 2.12 bits per heavy atom. The lowest BCUT2D eigenvalue weighted by Gasteiger charge is -2.32. The van der Waals surface area contributed by atoms with E-state index in [0.717, 1.165) is 16.1 Å². The van der Waals surface area contributed by atoms with Crippen LogP contribution in [0.4, 0.5) is 10.1 Å². The van der Waals surface area contributed by atoms with Crippen molar-refractivity contribution in [3.8, 4) is 0 Å². The summed E-state index contributed by atoms with van der Waals surface area (Å²) in [6.07, 6.45) is 1.60. The molecule has 0 aliphatic carbocycles. The van der Waals surface area contributed by atoms with Gasteiger partial charge in [0.2, 0.25) is 21.8 Å². The normalized spacial score (nSPS) is 12.3. The van der Waals surface area contributed by atoms with Gasteiger partial charge in [-0.25, -0.2) is 12.8 Å². The summed E-state index contributed by atoms with van der Waals surface area (Å²) < 4.78 is 40.7. The molecule has 180 valence electrons. The molecule has 0 fully saturated rings. The van der Waals surface area contributed by atoms with E-state index in [9.17, 15) is 22.4 Å². The van der Waals surface area contributed by atoms with E-state index in [1.807, 2.05) is 6.92 Å². The van der Waals surface area contributed by atoms with Gasteiger partial charge < -0.3 is 10.2 Å². The molecule has 0 heterocycles. The molecule has 0 spiro atoms. The van der Waals surface area contributed by atoms with Crippen molar-refractivity contribution in [1.29, 1.82) is 0 Å². The second kappa shape index (κ2) is 11.3. The van der Waals surface area contributed by atoms with Crippen LogP contribution in [-0.2, 0) is 32.6 Å². The lowest BCUT2D eigenvalue weighted by atomic mass is 10.1. The summed E-state index contributed by atoms with van der Waals surface area (Å²) in [4.78, 5) is 27.3. The summed E-state index contributed by atoms with van der Waals surface area (Å²) in [5.41, 5.74) is 1.40. The molecular weight excluding hydrogens is 445 g/mol. The molecule has 2 aromatic rings. The number of nitrogens with zero attached hydrogens (tertiary/aromatic N) is 2. The summed E-state index contributed by atoms with van der Waals surface area (Å²) in [5.74, 6) is -1.53. The topological polar surface area (TPSA) is 86.8 Å². The van der Waals surface area contributed by atoms with Crippen LogP contribution >= 0.6 is 0 Å². The fraction of sp³-hybridized carbons (Fsp3) is 0.417. The first-order chi connectivity index (χ1) is 15.5. The van der Waals surface area contributed by atoms with Gasteiger partial charge in [-0.05, 0) is 44.9 Å². The number of hydrogen-bond acceptors (Lipinski definition) is 4. The zero-order chi connectivity index (χ0) is 24.8. The van der Waals surface area contributed by atoms with Crippen LogP contribution in [0.2, 0.25) is 0 Å². The van der Waals surface area contributed by atoms with Crippen molar-refractivity contribution in [2.45, 2.75) is 52.7 Å². The average Bonchev–Trinajstić information content (AvgIpc) is 2.75. The van der Waals surface area contributed by atoms with Gasteiger partial charge in [0, 0.05) is 18.2 Å². The molecule has 9 heteroatoms. The first-order valence-corrected chi connectivity index (χ1v) is 12.7. The largest absolute Gasteiger partial charge is 0.352 e. The van der Waals surface area contributed by atoms with Crippen LogP contribution in [0.25, 0.3) is 0 Å². The number of para-hydroxylation sites is 1. The van der Waals surface area contributed by atoms with Crippen LogP contribution in [0.1, 0.15) is 38.8 Å². The third-order valence-corrected chi connectivity index (χ3v) is 6.34. The van der Waals surface area contributed by atoms with Crippen LogP contribution in [-0.4, -0.2) is 50.0 Å². The molecule has 33 heavy (non-hydrogen) atoms. The van der Waals surface area contributed by atoms with Gasteiger partial charge >= 0.3 is 0 Å². The van der Waals surface area contributed by atoms with Crippen molar-refractivity contribution in [3.05, 3.63) is 65.5 Å². The van der Waals surface area contributed by atoms with Gasteiger partial charge in [-0.2, -0.15) is 0 Å². The molecule has 0 aromatic heterocycles. The van der Waals surface area contributed by atoms with E-state index in [4.69, 9.17) is 0 Å². The first-order valence-electron chi connectivity index (χ1n) is 10.8. The van der Waals surface area contributed by atoms with Gasteiger partial charge in [0.1, 0.15) is 18.4 Å². The minimum absolute atomic E-state index is 0.158. The van der Waals surface area contributed by atoms with E-state index in [1.54, 1.807) is 51.1 Å². The zero-order valence-corrected chi connectivity index (χ0v) is 20.5. The van der Waals surface area contributed by atoms with E-state index < -0.39 is 40.2 Å². The highest BCUT2D eigenvalue weighted by molar-refractivity contribution is 7.92. The number of benzene rings is 2. The molecule has 1 atom stereocenters. The smallest absolute Gasteiger partial charge is 0.244 e. The Morgan fingerprint density at radius 1 is 1.00 bits per heavy atom. The molecule has 1 N–H and O–H groups in total. The number of nitrogens with one attached hydrogen (secondary N) is 1. The van der Waals surface area contributed by atoms with Crippen molar-refractivity contribution in [2.24, 2.45) is 0 Å². The number of carbonyl (C=O) groups excluding carboxylic acids is 2. The maximum Gasteiger partial charge on any atom is 0.244 e. The third kappa shape index (κ3) is 7.02. The highest BCUT2D eigenvalue weighted by Crippen LogP contribution is 2.24. The highest BCUT2D eigenvalue weighted by Gasteiger charge is 2.31. The number of amides is 2. The molecule has 0 saturated carbocycles. The van der Waals surface area contributed by atoms with Crippen molar-refractivity contribution < 1.29 is 22.4 Å². The lowest BCUT2D eigenvalue weighted by molar-refractivity contribution is -0.139. The van der Waals surface area contributed by atoms with Crippen molar-refractivity contribution in [1.82, 2.24) is 10.2 Å². The molecule has 0 radical (unpaired) electrons. The van der Waals surface area contributed by atoms with E-state index >= 15 is 0 Å². The monoisotopic (exact) mass is 477 g/mol. The number of halogens is 1. The molecule has 0 aliphatic rings. The van der Waals surface area contributed by atoms with Gasteiger partial charge in [-0.15, -0.1) is 0 Å². The van der Waals surface area contributed by atoms with Gasteiger partial charge in [0.25, 0.3) is 0 Å². The van der Waals surface area contributed by atoms with Crippen LogP contribution in [0.3, 0.4) is 0 Å². The van der Waals surface area contributed by atoms with Crippen molar-refractivity contribution in [2.75, 3.05) is 17.1 Å². The molecule has 0 saturated heterocycles. The molecule has 0 aliphatic heterocycles. The standard InChI is InChI=1S/C24H32FN3O4S/c1-6-19-11-8-10-14-22(19)28(33(5,31)32)16-23(29)27(18(4)24(30)26-17(2)3)15-20-12-7-9-13-21(20)25/h7-14,17-18H,6,15-16H2,1-5H3,(H,26,30)/t18-/m0/s1. The Bertz CT molecular complexity index is 1090. The Hall–Kier alpha value is -2.94. The Kier molecular flexibility index (Phi) is 8.99. The maximum absolute atomic E-state index is 14.4. The summed E-state index contributed by atoms with van der Waals surface area (Å²) >= 11 is 0. The van der Waals surface area contributed by atoms with Crippen LogP contribution in [0.15, 0.2) is 48.5 Å². The second-order valence-corrected chi connectivity index (χ2v) is 10.1. The summed E-state index contributed by atoms with van der Waals surface area (Å²) in [5, 5.41) is 2.75. The van der Waals surface area contributed by atoms with Crippen LogP contribution in [0.5, 0.6) is 0 Å². The summed E-state index contributed by atoms with van der Waals surface area (Å²) in [7, 11) is -3.81. The third-order valence-electron chi connectivity index (χ3n) is 5.22. The van der Waals surface area contributed by atoms with E-state index in [2.05, 4.69) is 5.32 Å². The molecular formula is C24H32FN3O4S. The molecule has 2 aromatic carbocycles. The summed E-state index contributed by atoms with van der Waals surface area (Å²) in [6.45, 7) is 6.33. The van der Waals surface area contributed by atoms with Crippen LogP contribution in [0, 0.1) is 5.82 Å². The van der Waals surface area contributed by atoms with E-state index in [-0.39, 0.29) is 18.2 Å². The maximum atomic E-state index is 14.4. The minimum atomic E-state index is -3.81. The predicted octanol–water partition coefficient (Wildman–Crippen LogP) is 3.10. The quantitative estimate of drug-likeness (QED) is 0.570. The highest BCUT2D eigenvalue weighted by atomic mass is 32.2. The Labute approximate surface area is 195 Å². The number of sulfonamides is 1.